The summed E-state index contributed by atoms with van der Waals surface area (Å²) in [4.78, 5) is 23.8. The summed E-state index contributed by atoms with van der Waals surface area (Å²) in [7, 11) is 0. The summed E-state index contributed by atoms with van der Waals surface area (Å²) in [6.45, 7) is 2.96. The summed E-state index contributed by atoms with van der Waals surface area (Å²) in [5.74, 6) is -4.30. The molecule has 0 fully saturated rings. The smallest absolute Gasteiger partial charge is 0.308 e. The van der Waals surface area contributed by atoms with Crippen LogP contribution in [0.2, 0.25) is 0 Å². The molecule has 104 valence electrons. The van der Waals surface area contributed by atoms with Crippen molar-refractivity contribution in [2.75, 3.05) is 11.4 Å². The number of halogens is 2. The van der Waals surface area contributed by atoms with E-state index in [9.17, 15) is 18.4 Å². The Morgan fingerprint density at radius 3 is 2.42 bits per heavy atom. The first-order chi connectivity index (χ1) is 8.86. The zero-order valence-corrected chi connectivity index (χ0v) is 10.7. The van der Waals surface area contributed by atoms with Crippen molar-refractivity contribution in [1.82, 2.24) is 0 Å². The van der Waals surface area contributed by atoms with E-state index in [1.807, 2.05) is 0 Å². The van der Waals surface area contributed by atoms with Crippen molar-refractivity contribution in [2.24, 2.45) is 5.92 Å². The molecule has 19 heavy (non-hydrogen) atoms. The standard InChI is InChI=1S/C13H15F2NO3/c1-3-12(17)16(7-8(2)13(18)19)9-4-5-10(14)11(15)6-9/h4-6,8H,3,7H2,1-2H3,(H,18,19). The highest BCUT2D eigenvalue weighted by Gasteiger charge is 2.21. The van der Waals surface area contributed by atoms with Crippen LogP contribution in [0.4, 0.5) is 14.5 Å². The van der Waals surface area contributed by atoms with Crippen LogP contribution in [-0.2, 0) is 9.59 Å². The third-order valence-electron chi connectivity index (χ3n) is 2.70. The summed E-state index contributed by atoms with van der Waals surface area (Å²) in [5, 5.41) is 8.86. The van der Waals surface area contributed by atoms with Gasteiger partial charge in [0, 0.05) is 24.7 Å². The number of aliphatic carboxylic acids is 1. The normalized spacial score (nSPS) is 12.0. The van der Waals surface area contributed by atoms with Gasteiger partial charge in [-0.3, -0.25) is 9.59 Å². The van der Waals surface area contributed by atoms with Gasteiger partial charge in [-0.25, -0.2) is 8.78 Å². The number of hydrogen-bond donors (Lipinski definition) is 1. The lowest BCUT2D eigenvalue weighted by Crippen LogP contribution is -2.36. The van der Waals surface area contributed by atoms with Crippen molar-refractivity contribution < 1.29 is 23.5 Å². The fourth-order valence-electron chi connectivity index (χ4n) is 1.55. The van der Waals surface area contributed by atoms with Gasteiger partial charge in [0.15, 0.2) is 11.6 Å². The minimum absolute atomic E-state index is 0.0902. The minimum Gasteiger partial charge on any atom is -0.481 e. The molecule has 0 saturated heterocycles. The molecule has 1 atom stereocenters. The van der Waals surface area contributed by atoms with Gasteiger partial charge in [0.2, 0.25) is 5.91 Å². The van der Waals surface area contributed by atoms with Crippen molar-refractivity contribution in [1.29, 1.82) is 0 Å². The number of anilines is 1. The van der Waals surface area contributed by atoms with E-state index in [0.29, 0.717) is 0 Å². The van der Waals surface area contributed by atoms with Crippen LogP contribution in [0.5, 0.6) is 0 Å². The monoisotopic (exact) mass is 271 g/mol. The molecular formula is C13H15F2NO3. The molecule has 1 unspecified atom stereocenters. The van der Waals surface area contributed by atoms with Gasteiger partial charge in [0.25, 0.3) is 0 Å². The van der Waals surface area contributed by atoms with E-state index in [0.717, 1.165) is 17.0 Å². The SMILES string of the molecule is CCC(=O)N(CC(C)C(=O)O)c1ccc(F)c(F)c1. The molecule has 6 heteroatoms. The molecule has 0 bridgehead atoms. The summed E-state index contributed by atoms with van der Waals surface area (Å²) in [6, 6.07) is 3.05. The average molecular weight is 271 g/mol. The van der Waals surface area contributed by atoms with Crippen LogP contribution in [0.25, 0.3) is 0 Å². The van der Waals surface area contributed by atoms with E-state index in [1.165, 1.54) is 13.0 Å². The van der Waals surface area contributed by atoms with Crippen LogP contribution in [0, 0.1) is 17.6 Å². The van der Waals surface area contributed by atoms with Crippen LogP contribution < -0.4 is 4.90 Å². The molecule has 0 saturated carbocycles. The van der Waals surface area contributed by atoms with E-state index in [-0.39, 0.29) is 24.6 Å². The summed E-state index contributed by atoms with van der Waals surface area (Å²) >= 11 is 0. The second kappa shape index (κ2) is 6.26. The fraction of sp³-hybridized carbons (Fsp3) is 0.385. The second-order valence-corrected chi connectivity index (χ2v) is 4.20. The predicted octanol–water partition coefficient (Wildman–Crippen LogP) is 2.43. The highest BCUT2D eigenvalue weighted by atomic mass is 19.2. The lowest BCUT2D eigenvalue weighted by Gasteiger charge is -2.24. The van der Waals surface area contributed by atoms with Crippen molar-refractivity contribution >= 4 is 17.6 Å². The second-order valence-electron chi connectivity index (χ2n) is 4.20. The van der Waals surface area contributed by atoms with Crippen molar-refractivity contribution in [2.45, 2.75) is 20.3 Å². The molecule has 0 heterocycles. The molecular weight excluding hydrogens is 256 g/mol. The maximum atomic E-state index is 13.2. The van der Waals surface area contributed by atoms with Crippen molar-refractivity contribution in [3.8, 4) is 0 Å². The highest BCUT2D eigenvalue weighted by molar-refractivity contribution is 5.93. The van der Waals surface area contributed by atoms with Crippen molar-refractivity contribution in [3.63, 3.8) is 0 Å². The molecule has 0 aliphatic carbocycles. The van der Waals surface area contributed by atoms with Gasteiger partial charge >= 0.3 is 5.97 Å². The number of amides is 1. The maximum Gasteiger partial charge on any atom is 0.308 e. The summed E-state index contributed by atoms with van der Waals surface area (Å²) < 4.78 is 26.0. The number of carboxylic acids is 1. The Labute approximate surface area is 109 Å². The van der Waals surface area contributed by atoms with E-state index in [4.69, 9.17) is 5.11 Å². The van der Waals surface area contributed by atoms with Gasteiger partial charge in [0.05, 0.1) is 5.92 Å². The lowest BCUT2D eigenvalue weighted by molar-refractivity contribution is -0.140. The molecule has 1 aromatic rings. The number of nitrogens with zero attached hydrogens (tertiary/aromatic N) is 1. The van der Waals surface area contributed by atoms with E-state index < -0.39 is 23.5 Å². The quantitative estimate of drug-likeness (QED) is 0.894. The first kappa shape index (κ1) is 15.1. The van der Waals surface area contributed by atoms with Gasteiger partial charge in [-0.1, -0.05) is 13.8 Å². The molecule has 4 nitrogen and oxygen atoms in total. The Hall–Kier alpha value is -1.98. The minimum atomic E-state index is -1.07. The van der Waals surface area contributed by atoms with Crippen LogP contribution in [0.1, 0.15) is 20.3 Å². The van der Waals surface area contributed by atoms with E-state index in [1.54, 1.807) is 6.92 Å². The van der Waals surface area contributed by atoms with Crippen LogP contribution in [0.15, 0.2) is 18.2 Å². The number of carboxylic acid groups (broad SMARTS) is 1. The van der Waals surface area contributed by atoms with Gasteiger partial charge in [0.1, 0.15) is 0 Å². The highest BCUT2D eigenvalue weighted by Crippen LogP contribution is 2.20. The van der Waals surface area contributed by atoms with Crippen LogP contribution in [0.3, 0.4) is 0 Å². The van der Waals surface area contributed by atoms with Gasteiger partial charge in [-0.05, 0) is 12.1 Å². The number of rotatable bonds is 5. The fourth-order valence-corrected chi connectivity index (χ4v) is 1.55. The Bertz CT molecular complexity index is 491. The van der Waals surface area contributed by atoms with E-state index in [2.05, 4.69) is 0 Å². The van der Waals surface area contributed by atoms with Crippen LogP contribution in [-0.4, -0.2) is 23.5 Å². The number of carbonyl (C=O) groups is 2. The molecule has 0 aliphatic rings. The first-order valence-electron chi connectivity index (χ1n) is 5.85. The topological polar surface area (TPSA) is 57.6 Å². The van der Waals surface area contributed by atoms with Gasteiger partial charge in [-0.2, -0.15) is 0 Å². The first-order valence-corrected chi connectivity index (χ1v) is 5.85. The average Bonchev–Trinajstić information content (AvgIpc) is 2.38. The number of benzene rings is 1. The number of carbonyl (C=O) groups excluding carboxylic acids is 1. The number of hydrogen-bond acceptors (Lipinski definition) is 2. The third kappa shape index (κ3) is 3.74. The Morgan fingerprint density at radius 2 is 1.95 bits per heavy atom. The zero-order valence-electron chi connectivity index (χ0n) is 10.7. The lowest BCUT2D eigenvalue weighted by atomic mass is 10.1. The summed E-state index contributed by atoms with van der Waals surface area (Å²) in [5.41, 5.74) is 0.152. The third-order valence-corrected chi connectivity index (χ3v) is 2.70. The van der Waals surface area contributed by atoms with Crippen molar-refractivity contribution in [3.05, 3.63) is 29.8 Å². The largest absolute Gasteiger partial charge is 0.481 e. The Morgan fingerprint density at radius 1 is 1.32 bits per heavy atom. The molecule has 0 radical (unpaired) electrons. The molecule has 1 aromatic carbocycles. The maximum absolute atomic E-state index is 13.2. The molecule has 1 N–H and O–H groups in total. The van der Waals surface area contributed by atoms with Crippen LogP contribution >= 0.6 is 0 Å². The van der Waals surface area contributed by atoms with Gasteiger partial charge in [-0.15, -0.1) is 0 Å². The van der Waals surface area contributed by atoms with Gasteiger partial charge < -0.3 is 10.0 Å². The molecule has 1 rings (SSSR count). The Balaban J connectivity index is 3.05. The predicted molar refractivity (Wildman–Crippen MR) is 65.8 cm³/mol. The molecule has 1 amide bonds. The molecule has 0 aromatic heterocycles. The molecule has 0 aliphatic heterocycles. The zero-order chi connectivity index (χ0) is 14.6. The summed E-state index contributed by atoms with van der Waals surface area (Å²) in [6.07, 6.45) is 0.144. The van der Waals surface area contributed by atoms with E-state index >= 15 is 0 Å². The molecule has 0 spiro atoms. The Kier molecular flexibility index (Phi) is 4.97.